The number of hydrogen-bond donors (Lipinski definition) is 1. The molecule has 1 aliphatic heterocycles. The lowest BCUT2D eigenvalue weighted by molar-refractivity contribution is -0.137. The summed E-state index contributed by atoms with van der Waals surface area (Å²) in [6.07, 6.45) is 5.37. The first-order valence-electron chi connectivity index (χ1n) is 8.51. The zero-order valence-corrected chi connectivity index (χ0v) is 14.6. The molecule has 0 spiro atoms. The van der Waals surface area contributed by atoms with Gasteiger partial charge in [0.2, 0.25) is 0 Å². The number of rotatable bonds is 4. The molecule has 2 unspecified atom stereocenters. The van der Waals surface area contributed by atoms with Gasteiger partial charge in [-0.3, -0.25) is 4.79 Å². The maximum Gasteiger partial charge on any atom is 0.303 e. The zero-order valence-electron chi connectivity index (χ0n) is 14.6. The van der Waals surface area contributed by atoms with E-state index in [1.165, 1.54) is 16.8 Å². The normalized spacial score (nSPS) is 28.1. The van der Waals surface area contributed by atoms with Crippen LogP contribution in [0.25, 0.3) is 0 Å². The maximum atomic E-state index is 11.0. The Labute approximate surface area is 139 Å². The smallest absolute Gasteiger partial charge is 0.303 e. The molecule has 1 aromatic rings. The van der Waals surface area contributed by atoms with E-state index in [0.717, 1.165) is 19.3 Å². The van der Waals surface area contributed by atoms with E-state index in [9.17, 15) is 4.79 Å². The van der Waals surface area contributed by atoms with Crippen LogP contribution in [0.2, 0.25) is 0 Å². The summed E-state index contributed by atoms with van der Waals surface area (Å²) in [5.74, 6) is -0.696. The molecule has 2 atom stereocenters. The SMILES string of the molecule is CC1=CC2N(C)c3ccccc3C2(CCCC(=O)O)C(C)(C)C1. The van der Waals surface area contributed by atoms with Gasteiger partial charge in [0.05, 0.1) is 6.04 Å². The molecule has 0 radical (unpaired) electrons. The third-order valence-electron chi connectivity index (χ3n) is 6.02. The van der Waals surface area contributed by atoms with Crippen LogP contribution in [-0.2, 0) is 10.2 Å². The largest absolute Gasteiger partial charge is 0.481 e. The molecule has 0 aromatic heterocycles. The van der Waals surface area contributed by atoms with Crippen LogP contribution in [-0.4, -0.2) is 24.2 Å². The van der Waals surface area contributed by atoms with E-state index < -0.39 is 5.97 Å². The lowest BCUT2D eigenvalue weighted by Crippen LogP contribution is -2.54. The third-order valence-corrected chi connectivity index (χ3v) is 6.02. The molecule has 1 heterocycles. The van der Waals surface area contributed by atoms with Crippen molar-refractivity contribution in [2.24, 2.45) is 5.41 Å². The van der Waals surface area contributed by atoms with Crippen molar-refractivity contribution in [3.63, 3.8) is 0 Å². The highest BCUT2D eigenvalue weighted by molar-refractivity contribution is 5.68. The van der Waals surface area contributed by atoms with Crippen LogP contribution in [0.4, 0.5) is 5.69 Å². The average molecular weight is 313 g/mol. The van der Waals surface area contributed by atoms with Crippen LogP contribution in [0.3, 0.4) is 0 Å². The summed E-state index contributed by atoms with van der Waals surface area (Å²) in [6.45, 7) is 6.93. The number of anilines is 1. The minimum atomic E-state index is -0.696. The number of aliphatic carboxylic acids is 1. The first kappa shape index (κ1) is 16.1. The number of nitrogens with zero attached hydrogens (tertiary/aromatic N) is 1. The highest BCUT2D eigenvalue weighted by Crippen LogP contribution is 2.61. The number of carboxylic acids is 1. The number of carbonyl (C=O) groups is 1. The Morgan fingerprint density at radius 1 is 1.35 bits per heavy atom. The topological polar surface area (TPSA) is 40.5 Å². The van der Waals surface area contributed by atoms with E-state index in [-0.39, 0.29) is 17.3 Å². The van der Waals surface area contributed by atoms with E-state index >= 15 is 0 Å². The summed E-state index contributed by atoms with van der Waals surface area (Å²) in [7, 11) is 2.17. The minimum Gasteiger partial charge on any atom is -0.481 e. The van der Waals surface area contributed by atoms with Gasteiger partial charge in [0, 0.05) is 24.6 Å². The Morgan fingerprint density at radius 2 is 2.04 bits per heavy atom. The van der Waals surface area contributed by atoms with Crippen molar-refractivity contribution in [1.29, 1.82) is 0 Å². The number of fused-ring (bicyclic) bond motifs is 3. The summed E-state index contributed by atoms with van der Waals surface area (Å²) < 4.78 is 0. The van der Waals surface area contributed by atoms with Gasteiger partial charge in [0.1, 0.15) is 0 Å². The molecule has 0 saturated heterocycles. The van der Waals surface area contributed by atoms with Crippen LogP contribution in [0.5, 0.6) is 0 Å². The second-order valence-electron chi connectivity index (χ2n) is 7.87. The number of likely N-dealkylation sites (N-methyl/N-ethyl adjacent to an activating group) is 1. The van der Waals surface area contributed by atoms with Crippen molar-refractivity contribution < 1.29 is 9.90 Å². The molecular weight excluding hydrogens is 286 g/mol. The number of carboxylic acid groups (broad SMARTS) is 1. The summed E-state index contributed by atoms with van der Waals surface area (Å²) in [5, 5.41) is 9.08. The van der Waals surface area contributed by atoms with E-state index in [0.29, 0.717) is 6.04 Å². The Morgan fingerprint density at radius 3 is 2.74 bits per heavy atom. The lowest BCUT2D eigenvalue weighted by atomic mass is 9.53. The molecule has 3 nitrogen and oxygen atoms in total. The Balaban J connectivity index is 2.12. The average Bonchev–Trinajstić information content (AvgIpc) is 2.70. The molecule has 1 aliphatic carbocycles. The van der Waals surface area contributed by atoms with Gasteiger partial charge >= 0.3 is 5.97 Å². The second kappa shape index (κ2) is 5.40. The van der Waals surface area contributed by atoms with E-state index in [2.05, 4.69) is 63.1 Å². The number of hydrogen-bond acceptors (Lipinski definition) is 2. The summed E-state index contributed by atoms with van der Waals surface area (Å²) >= 11 is 0. The second-order valence-corrected chi connectivity index (χ2v) is 7.87. The summed E-state index contributed by atoms with van der Waals surface area (Å²) in [4.78, 5) is 13.4. The predicted molar refractivity (Wildman–Crippen MR) is 94.0 cm³/mol. The van der Waals surface area contributed by atoms with Gasteiger partial charge in [-0.05, 0) is 43.2 Å². The van der Waals surface area contributed by atoms with Gasteiger partial charge in [0.15, 0.2) is 0 Å². The third kappa shape index (κ3) is 2.29. The van der Waals surface area contributed by atoms with E-state index in [4.69, 9.17) is 5.11 Å². The van der Waals surface area contributed by atoms with Crippen molar-refractivity contribution in [3.05, 3.63) is 41.5 Å². The number of para-hydroxylation sites is 1. The number of benzene rings is 1. The van der Waals surface area contributed by atoms with Crippen molar-refractivity contribution in [2.75, 3.05) is 11.9 Å². The molecule has 23 heavy (non-hydrogen) atoms. The van der Waals surface area contributed by atoms with Gasteiger partial charge in [-0.15, -0.1) is 0 Å². The first-order chi connectivity index (χ1) is 10.8. The quantitative estimate of drug-likeness (QED) is 0.839. The van der Waals surface area contributed by atoms with Crippen LogP contribution >= 0.6 is 0 Å². The minimum absolute atomic E-state index is 0.00664. The fourth-order valence-corrected chi connectivity index (χ4v) is 5.14. The summed E-state index contributed by atoms with van der Waals surface area (Å²) in [6, 6.07) is 8.99. The molecule has 3 heteroatoms. The van der Waals surface area contributed by atoms with Crippen LogP contribution in [0.1, 0.15) is 52.0 Å². The number of allylic oxidation sites excluding steroid dienone is 1. The molecule has 0 amide bonds. The zero-order chi connectivity index (χ0) is 16.8. The fraction of sp³-hybridized carbons (Fsp3) is 0.550. The van der Waals surface area contributed by atoms with Crippen LogP contribution in [0, 0.1) is 5.41 Å². The van der Waals surface area contributed by atoms with Gasteiger partial charge < -0.3 is 10.0 Å². The Hall–Kier alpha value is -1.77. The highest BCUT2D eigenvalue weighted by Gasteiger charge is 2.58. The standard InChI is InChI=1S/C20H27NO2/c1-14-12-17-20(19(2,3)13-14,11-7-10-18(22)23)15-8-5-6-9-16(15)21(17)4/h5-6,8-9,12,17H,7,10-11,13H2,1-4H3,(H,22,23). The lowest BCUT2D eigenvalue weighted by Gasteiger charge is -2.52. The van der Waals surface area contributed by atoms with Crippen molar-refractivity contribution in [2.45, 2.75) is 57.9 Å². The predicted octanol–water partition coefficient (Wildman–Crippen LogP) is 4.37. The molecular formula is C20H27NO2. The van der Waals surface area contributed by atoms with Crippen molar-refractivity contribution in [1.82, 2.24) is 0 Å². The summed E-state index contributed by atoms with van der Waals surface area (Å²) in [5.41, 5.74) is 4.23. The van der Waals surface area contributed by atoms with Crippen molar-refractivity contribution >= 4 is 11.7 Å². The molecule has 124 valence electrons. The molecule has 0 saturated carbocycles. The molecule has 0 bridgehead atoms. The molecule has 2 aliphatic rings. The monoisotopic (exact) mass is 313 g/mol. The van der Waals surface area contributed by atoms with Gasteiger partial charge in [0.25, 0.3) is 0 Å². The van der Waals surface area contributed by atoms with Crippen LogP contribution in [0.15, 0.2) is 35.9 Å². The van der Waals surface area contributed by atoms with E-state index in [1.807, 2.05) is 0 Å². The molecule has 3 rings (SSSR count). The molecule has 0 fully saturated rings. The fourth-order valence-electron chi connectivity index (χ4n) is 5.14. The van der Waals surface area contributed by atoms with Crippen molar-refractivity contribution in [3.8, 4) is 0 Å². The van der Waals surface area contributed by atoms with Gasteiger partial charge in [-0.25, -0.2) is 0 Å². The maximum absolute atomic E-state index is 11.0. The van der Waals surface area contributed by atoms with Gasteiger partial charge in [-0.1, -0.05) is 43.7 Å². The Bertz CT molecular complexity index is 661. The Kier molecular flexibility index (Phi) is 3.78. The van der Waals surface area contributed by atoms with E-state index in [1.54, 1.807) is 0 Å². The molecule has 1 aromatic carbocycles. The highest BCUT2D eigenvalue weighted by atomic mass is 16.4. The first-order valence-corrected chi connectivity index (χ1v) is 8.51. The van der Waals surface area contributed by atoms with Gasteiger partial charge in [-0.2, -0.15) is 0 Å². The van der Waals surface area contributed by atoms with Crippen LogP contribution < -0.4 is 4.90 Å². The molecule has 1 N–H and O–H groups in total.